The van der Waals surface area contributed by atoms with Crippen LogP contribution in [0.25, 0.3) is 0 Å². The van der Waals surface area contributed by atoms with Gasteiger partial charge in [-0.3, -0.25) is 4.79 Å². The van der Waals surface area contributed by atoms with Crippen LogP contribution in [-0.2, 0) is 16.6 Å². The highest BCUT2D eigenvalue weighted by atomic mass is 32.2. The number of rotatable bonds is 6. The van der Waals surface area contributed by atoms with E-state index in [9.17, 15) is 17.6 Å². The fourth-order valence-corrected chi connectivity index (χ4v) is 3.51. The van der Waals surface area contributed by atoms with E-state index in [4.69, 9.17) is 0 Å². The fraction of sp³-hybridized carbons (Fsp3) is 0.278. The molecule has 0 bridgehead atoms. The van der Waals surface area contributed by atoms with Crippen LogP contribution in [-0.4, -0.2) is 31.7 Å². The number of nitrogens with one attached hydrogen (secondary N) is 1. The lowest BCUT2D eigenvalue weighted by Crippen LogP contribution is -2.33. The van der Waals surface area contributed by atoms with E-state index in [1.165, 1.54) is 41.7 Å². The number of carbonyl (C=O) groups excluding carboxylic acids is 1. The summed E-state index contributed by atoms with van der Waals surface area (Å²) in [5.41, 5.74) is 0.691. The molecule has 0 saturated heterocycles. The molecule has 5 nitrogen and oxygen atoms in total. The highest BCUT2D eigenvalue weighted by Crippen LogP contribution is 2.17. The Bertz CT molecular complexity index is 849. The Balaban J connectivity index is 2.06. The van der Waals surface area contributed by atoms with Crippen LogP contribution in [0.2, 0.25) is 0 Å². The molecule has 0 atom stereocenters. The van der Waals surface area contributed by atoms with Gasteiger partial charge in [0.25, 0.3) is 5.91 Å². The summed E-state index contributed by atoms with van der Waals surface area (Å²) in [4.78, 5) is 12.2. The van der Waals surface area contributed by atoms with Crippen LogP contribution in [0.3, 0.4) is 0 Å². The van der Waals surface area contributed by atoms with Crippen LogP contribution < -0.4 is 5.32 Å². The molecule has 0 heterocycles. The molecule has 2 aromatic rings. The van der Waals surface area contributed by atoms with Gasteiger partial charge in [0.05, 0.1) is 10.5 Å². The van der Waals surface area contributed by atoms with Crippen LogP contribution in [0.4, 0.5) is 4.39 Å². The average Bonchev–Trinajstić information content (AvgIpc) is 2.59. The SMILES string of the molecule is CC(C)N(C)S(=O)(=O)c1ccc(CNC(=O)c2ccccc2F)cc1. The van der Waals surface area contributed by atoms with Gasteiger partial charge in [0, 0.05) is 19.6 Å². The minimum atomic E-state index is -3.54. The lowest BCUT2D eigenvalue weighted by atomic mass is 10.2. The van der Waals surface area contributed by atoms with Gasteiger partial charge in [-0.15, -0.1) is 0 Å². The minimum Gasteiger partial charge on any atom is -0.348 e. The Morgan fingerprint density at radius 3 is 2.28 bits per heavy atom. The fourth-order valence-electron chi connectivity index (χ4n) is 2.15. The maximum absolute atomic E-state index is 13.6. The lowest BCUT2D eigenvalue weighted by Gasteiger charge is -2.21. The van der Waals surface area contributed by atoms with Crippen molar-refractivity contribution in [3.8, 4) is 0 Å². The van der Waals surface area contributed by atoms with Gasteiger partial charge < -0.3 is 5.32 Å². The molecule has 2 aromatic carbocycles. The van der Waals surface area contributed by atoms with Crippen LogP contribution in [0.5, 0.6) is 0 Å². The highest BCUT2D eigenvalue weighted by Gasteiger charge is 2.22. The maximum Gasteiger partial charge on any atom is 0.254 e. The zero-order valence-electron chi connectivity index (χ0n) is 14.4. The second kappa shape index (κ2) is 7.76. The monoisotopic (exact) mass is 364 g/mol. The molecule has 134 valence electrons. The summed E-state index contributed by atoms with van der Waals surface area (Å²) in [5.74, 6) is -1.10. The predicted octanol–water partition coefficient (Wildman–Crippen LogP) is 2.78. The molecule has 0 aliphatic heterocycles. The molecule has 7 heteroatoms. The van der Waals surface area contributed by atoms with Gasteiger partial charge >= 0.3 is 0 Å². The zero-order chi connectivity index (χ0) is 18.6. The molecular formula is C18H21FN2O3S. The van der Waals surface area contributed by atoms with E-state index < -0.39 is 21.7 Å². The standard InChI is InChI=1S/C18H21FN2O3S/c1-13(2)21(3)25(23,24)15-10-8-14(9-11-15)12-20-18(22)16-6-4-5-7-17(16)19/h4-11,13H,12H2,1-3H3,(H,20,22). The third-order valence-corrected chi connectivity index (χ3v) is 5.95. The van der Waals surface area contributed by atoms with Crippen LogP contribution in [0, 0.1) is 5.82 Å². The molecule has 0 spiro atoms. The number of benzene rings is 2. The van der Waals surface area contributed by atoms with Crippen LogP contribution in [0.15, 0.2) is 53.4 Å². The summed E-state index contributed by atoms with van der Waals surface area (Å²) >= 11 is 0. The number of halogens is 1. The van der Waals surface area contributed by atoms with Gasteiger partial charge in [-0.1, -0.05) is 24.3 Å². The van der Waals surface area contributed by atoms with Crippen molar-refractivity contribution >= 4 is 15.9 Å². The van der Waals surface area contributed by atoms with Gasteiger partial charge in [-0.25, -0.2) is 12.8 Å². The van der Waals surface area contributed by atoms with E-state index >= 15 is 0 Å². The maximum atomic E-state index is 13.6. The molecule has 0 saturated carbocycles. The van der Waals surface area contributed by atoms with Crippen molar-refractivity contribution in [1.29, 1.82) is 0 Å². The molecule has 1 amide bonds. The van der Waals surface area contributed by atoms with Crippen LogP contribution >= 0.6 is 0 Å². The summed E-state index contributed by atoms with van der Waals surface area (Å²) in [6.07, 6.45) is 0. The Kier molecular flexibility index (Phi) is 5.92. The van der Waals surface area contributed by atoms with Gasteiger partial charge in [0.2, 0.25) is 10.0 Å². The van der Waals surface area contributed by atoms with E-state index in [-0.39, 0.29) is 23.0 Å². The molecule has 0 aliphatic carbocycles. The van der Waals surface area contributed by atoms with Crippen molar-refractivity contribution in [2.45, 2.75) is 31.3 Å². The first-order valence-electron chi connectivity index (χ1n) is 7.83. The quantitative estimate of drug-likeness (QED) is 0.857. The predicted molar refractivity (Wildman–Crippen MR) is 94.1 cm³/mol. The summed E-state index contributed by atoms with van der Waals surface area (Å²) in [6.45, 7) is 3.77. The number of hydrogen-bond acceptors (Lipinski definition) is 3. The molecule has 0 aromatic heterocycles. The number of carbonyl (C=O) groups is 1. The molecular weight excluding hydrogens is 343 g/mol. The van der Waals surface area contributed by atoms with E-state index in [1.807, 2.05) is 0 Å². The first-order valence-corrected chi connectivity index (χ1v) is 9.27. The number of sulfonamides is 1. The van der Waals surface area contributed by atoms with E-state index in [0.29, 0.717) is 0 Å². The van der Waals surface area contributed by atoms with Crippen molar-refractivity contribution in [1.82, 2.24) is 9.62 Å². The molecule has 25 heavy (non-hydrogen) atoms. The van der Waals surface area contributed by atoms with Crippen molar-refractivity contribution in [3.63, 3.8) is 0 Å². The van der Waals surface area contributed by atoms with Gasteiger partial charge in [-0.2, -0.15) is 4.31 Å². The lowest BCUT2D eigenvalue weighted by molar-refractivity contribution is 0.0947. The zero-order valence-corrected chi connectivity index (χ0v) is 15.2. The van der Waals surface area contributed by atoms with E-state index in [1.54, 1.807) is 32.0 Å². The Morgan fingerprint density at radius 2 is 1.72 bits per heavy atom. The summed E-state index contributed by atoms with van der Waals surface area (Å²) < 4.78 is 39.6. The molecule has 0 aliphatic rings. The molecule has 0 radical (unpaired) electrons. The second-order valence-corrected chi connectivity index (χ2v) is 7.92. The molecule has 0 fully saturated rings. The van der Waals surface area contributed by atoms with E-state index in [0.717, 1.165) is 5.56 Å². The minimum absolute atomic E-state index is 0.0275. The molecule has 1 N–H and O–H groups in total. The van der Waals surface area contributed by atoms with Crippen molar-refractivity contribution < 1.29 is 17.6 Å². The van der Waals surface area contributed by atoms with Crippen molar-refractivity contribution in [2.75, 3.05) is 7.05 Å². The summed E-state index contributed by atoms with van der Waals surface area (Å²) in [7, 11) is -2.01. The van der Waals surface area contributed by atoms with Gasteiger partial charge in [0.15, 0.2) is 0 Å². The van der Waals surface area contributed by atoms with Gasteiger partial charge in [-0.05, 0) is 43.7 Å². The van der Waals surface area contributed by atoms with Crippen molar-refractivity contribution in [3.05, 3.63) is 65.5 Å². The second-order valence-electron chi connectivity index (χ2n) is 5.92. The Morgan fingerprint density at radius 1 is 1.12 bits per heavy atom. The number of nitrogens with zero attached hydrogens (tertiary/aromatic N) is 1. The average molecular weight is 364 g/mol. The molecule has 0 unspecified atom stereocenters. The normalized spacial score (nSPS) is 11.8. The van der Waals surface area contributed by atoms with Gasteiger partial charge in [0.1, 0.15) is 5.82 Å². The highest BCUT2D eigenvalue weighted by molar-refractivity contribution is 7.89. The topological polar surface area (TPSA) is 66.5 Å². The number of hydrogen-bond donors (Lipinski definition) is 1. The first kappa shape index (κ1) is 19.1. The molecule has 2 rings (SSSR count). The number of amides is 1. The summed E-state index contributed by atoms with van der Waals surface area (Å²) in [5, 5.41) is 2.62. The largest absolute Gasteiger partial charge is 0.348 e. The smallest absolute Gasteiger partial charge is 0.254 e. The Hall–Kier alpha value is -2.25. The summed E-state index contributed by atoms with van der Waals surface area (Å²) in [6, 6.07) is 11.8. The van der Waals surface area contributed by atoms with Crippen molar-refractivity contribution in [2.24, 2.45) is 0 Å². The third-order valence-electron chi connectivity index (χ3n) is 3.90. The third kappa shape index (κ3) is 4.43. The van der Waals surface area contributed by atoms with E-state index in [2.05, 4.69) is 5.32 Å². The van der Waals surface area contributed by atoms with Crippen LogP contribution in [0.1, 0.15) is 29.8 Å². The first-order chi connectivity index (χ1) is 11.7. The Labute approximate surface area is 147 Å².